The van der Waals surface area contributed by atoms with E-state index in [1.807, 2.05) is 5.51 Å². The van der Waals surface area contributed by atoms with Crippen LogP contribution < -0.4 is 10.6 Å². The standard InChI is InChI=1S/C14H19N3S/c1-10-5-4-6-12(7-15)14(10)17(3)8-13-11(2)16-9-18-13/h4-6,9H,7-8,15H2,1-3H3. The molecule has 0 unspecified atom stereocenters. The second kappa shape index (κ2) is 5.50. The number of hydrogen-bond donors (Lipinski definition) is 1. The van der Waals surface area contributed by atoms with E-state index in [2.05, 4.69) is 49.0 Å². The number of rotatable bonds is 4. The first-order valence-corrected chi connectivity index (χ1v) is 6.90. The molecule has 0 aliphatic carbocycles. The summed E-state index contributed by atoms with van der Waals surface area (Å²) in [5.41, 5.74) is 12.6. The van der Waals surface area contributed by atoms with Gasteiger partial charge >= 0.3 is 0 Å². The number of nitrogens with zero attached hydrogens (tertiary/aromatic N) is 2. The summed E-state index contributed by atoms with van der Waals surface area (Å²) >= 11 is 1.71. The van der Waals surface area contributed by atoms with E-state index in [1.54, 1.807) is 11.3 Å². The van der Waals surface area contributed by atoms with Gasteiger partial charge in [-0.1, -0.05) is 18.2 Å². The van der Waals surface area contributed by atoms with Crippen LogP contribution in [-0.4, -0.2) is 12.0 Å². The van der Waals surface area contributed by atoms with Crippen molar-refractivity contribution in [2.75, 3.05) is 11.9 Å². The Hall–Kier alpha value is -1.39. The molecule has 0 saturated heterocycles. The molecule has 4 heteroatoms. The Morgan fingerprint density at radius 1 is 1.33 bits per heavy atom. The predicted octanol–water partition coefficient (Wildman–Crippen LogP) is 2.86. The van der Waals surface area contributed by atoms with Crippen LogP contribution in [0.2, 0.25) is 0 Å². The van der Waals surface area contributed by atoms with E-state index < -0.39 is 0 Å². The van der Waals surface area contributed by atoms with E-state index in [1.165, 1.54) is 21.7 Å². The fraction of sp³-hybridized carbons (Fsp3) is 0.357. The molecule has 0 fully saturated rings. The number of thiazole rings is 1. The summed E-state index contributed by atoms with van der Waals surface area (Å²) in [5.74, 6) is 0. The smallest absolute Gasteiger partial charge is 0.0798 e. The second-order valence-electron chi connectivity index (χ2n) is 4.50. The Morgan fingerprint density at radius 3 is 2.72 bits per heavy atom. The average Bonchev–Trinajstić information content (AvgIpc) is 2.74. The summed E-state index contributed by atoms with van der Waals surface area (Å²) < 4.78 is 0. The third kappa shape index (κ3) is 2.54. The van der Waals surface area contributed by atoms with Crippen molar-refractivity contribution < 1.29 is 0 Å². The fourth-order valence-electron chi connectivity index (χ4n) is 2.20. The number of aryl methyl sites for hydroxylation is 2. The van der Waals surface area contributed by atoms with E-state index in [-0.39, 0.29) is 0 Å². The number of hydrogen-bond acceptors (Lipinski definition) is 4. The molecule has 1 aromatic carbocycles. The van der Waals surface area contributed by atoms with Gasteiger partial charge in [0, 0.05) is 24.2 Å². The molecule has 2 rings (SSSR count). The van der Waals surface area contributed by atoms with E-state index in [0.717, 1.165) is 12.2 Å². The Labute approximate surface area is 112 Å². The lowest BCUT2D eigenvalue weighted by Gasteiger charge is -2.24. The first kappa shape index (κ1) is 13.1. The summed E-state index contributed by atoms with van der Waals surface area (Å²) in [6.45, 7) is 5.64. The van der Waals surface area contributed by atoms with Gasteiger partial charge in [0.15, 0.2) is 0 Å². The van der Waals surface area contributed by atoms with E-state index in [9.17, 15) is 0 Å². The summed E-state index contributed by atoms with van der Waals surface area (Å²) in [5, 5.41) is 0. The molecule has 1 heterocycles. The van der Waals surface area contributed by atoms with Crippen LogP contribution in [-0.2, 0) is 13.1 Å². The van der Waals surface area contributed by atoms with Crippen molar-refractivity contribution in [1.29, 1.82) is 0 Å². The maximum Gasteiger partial charge on any atom is 0.0798 e. The van der Waals surface area contributed by atoms with Crippen molar-refractivity contribution >= 4 is 17.0 Å². The van der Waals surface area contributed by atoms with Gasteiger partial charge in [-0.25, -0.2) is 4.98 Å². The number of benzene rings is 1. The number of para-hydroxylation sites is 1. The lowest BCUT2D eigenvalue weighted by Crippen LogP contribution is -2.20. The normalized spacial score (nSPS) is 10.7. The van der Waals surface area contributed by atoms with Crippen molar-refractivity contribution in [3.63, 3.8) is 0 Å². The van der Waals surface area contributed by atoms with Crippen LogP contribution >= 0.6 is 11.3 Å². The molecule has 0 atom stereocenters. The molecule has 0 aliphatic heterocycles. The number of aromatic nitrogens is 1. The van der Waals surface area contributed by atoms with Gasteiger partial charge in [0.1, 0.15) is 0 Å². The third-order valence-electron chi connectivity index (χ3n) is 3.15. The van der Waals surface area contributed by atoms with Gasteiger partial charge in [-0.05, 0) is 25.0 Å². The molecule has 0 aliphatic rings. The van der Waals surface area contributed by atoms with Crippen LogP contribution in [0, 0.1) is 13.8 Å². The molecule has 2 aromatic rings. The molecular weight excluding hydrogens is 242 g/mol. The topological polar surface area (TPSA) is 42.1 Å². The van der Waals surface area contributed by atoms with Crippen LogP contribution in [0.3, 0.4) is 0 Å². The Morgan fingerprint density at radius 2 is 2.11 bits per heavy atom. The summed E-state index contributed by atoms with van der Waals surface area (Å²) in [7, 11) is 2.11. The molecule has 0 saturated carbocycles. The van der Waals surface area contributed by atoms with E-state index in [0.29, 0.717) is 6.54 Å². The molecule has 3 nitrogen and oxygen atoms in total. The minimum Gasteiger partial charge on any atom is -0.369 e. The molecule has 0 amide bonds. The molecule has 18 heavy (non-hydrogen) atoms. The molecule has 0 spiro atoms. The van der Waals surface area contributed by atoms with Crippen LogP contribution in [0.25, 0.3) is 0 Å². The van der Waals surface area contributed by atoms with Crippen molar-refractivity contribution in [1.82, 2.24) is 4.98 Å². The first-order valence-electron chi connectivity index (χ1n) is 6.02. The predicted molar refractivity (Wildman–Crippen MR) is 78.0 cm³/mol. The van der Waals surface area contributed by atoms with Crippen LogP contribution in [0.15, 0.2) is 23.7 Å². The van der Waals surface area contributed by atoms with Gasteiger partial charge < -0.3 is 10.6 Å². The highest BCUT2D eigenvalue weighted by Gasteiger charge is 2.11. The van der Waals surface area contributed by atoms with Crippen LogP contribution in [0.4, 0.5) is 5.69 Å². The van der Waals surface area contributed by atoms with Gasteiger partial charge in [-0.3, -0.25) is 0 Å². The minimum absolute atomic E-state index is 0.572. The second-order valence-corrected chi connectivity index (χ2v) is 5.44. The van der Waals surface area contributed by atoms with E-state index in [4.69, 9.17) is 5.73 Å². The highest BCUT2D eigenvalue weighted by Crippen LogP contribution is 2.26. The Kier molecular flexibility index (Phi) is 3.99. The zero-order valence-corrected chi connectivity index (χ0v) is 11.9. The average molecular weight is 261 g/mol. The largest absolute Gasteiger partial charge is 0.369 e. The highest BCUT2D eigenvalue weighted by atomic mass is 32.1. The molecule has 96 valence electrons. The molecule has 0 radical (unpaired) electrons. The Balaban J connectivity index is 2.29. The van der Waals surface area contributed by atoms with Crippen molar-refractivity contribution in [2.45, 2.75) is 26.9 Å². The lowest BCUT2D eigenvalue weighted by atomic mass is 10.1. The molecule has 0 bridgehead atoms. The summed E-state index contributed by atoms with van der Waals surface area (Å²) in [6.07, 6.45) is 0. The number of anilines is 1. The molecule has 2 N–H and O–H groups in total. The quantitative estimate of drug-likeness (QED) is 0.920. The van der Waals surface area contributed by atoms with Gasteiger partial charge in [-0.15, -0.1) is 11.3 Å². The molecule has 1 aromatic heterocycles. The van der Waals surface area contributed by atoms with Crippen molar-refractivity contribution in [3.05, 3.63) is 45.4 Å². The van der Waals surface area contributed by atoms with Gasteiger partial charge in [-0.2, -0.15) is 0 Å². The maximum atomic E-state index is 5.82. The van der Waals surface area contributed by atoms with Gasteiger partial charge in [0.2, 0.25) is 0 Å². The minimum atomic E-state index is 0.572. The summed E-state index contributed by atoms with van der Waals surface area (Å²) in [6, 6.07) is 6.29. The SMILES string of the molecule is Cc1cccc(CN)c1N(C)Cc1scnc1C. The van der Waals surface area contributed by atoms with Crippen LogP contribution in [0.1, 0.15) is 21.7 Å². The first-order chi connectivity index (χ1) is 8.63. The van der Waals surface area contributed by atoms with Gasteiger partial charge in [0.05, 0.1) is 17.7 Å². The van der Waals surface area contributed by atoms with Gasteiger partial charge in [0.25, 0.3) is 0 Å². The van der Waals surface area contributed by atoms with E-state index >= 15 is 0 Å². The highest BCUT2D eigenvalue weighted by molar-refractivity contribution is 7.09. The maximum absolute atomic E-state index is 5.82. The zero-order valence-electron chi connectivity index (χ0n) is 11.1. The number of nitrogens with two attached hydrogens (primary N) is 1. The third-order valence-corrected chi connectivity index (χ3v) is 4.07. The van der Waals surface area contributed by atoms with Crippen molar-refractivity contribution in [3.8, 4) is 0 Å². The molecular formula is C14H19N3S. The van der Waals surface area contributed by atoms with Crippen LogP contribution in [0.5, 0.6) is 0 Å². The monoisotopic (exact) mass is 261 g/mol. The lowest BCUT2D eigenvalue weighted by molar-refractivity contribution is 0.900. The Bertz CT molecular complexity index is 534. The summed E-state index contributed by atoms with van der Waals surface area (Å²) in [4.78, 5) is 7.87. The fourth-order valence-corrected chi connectivity index (χ4v) is 3.03. The van der Waals surface area contributed by atoms with Crippen molar-refractivity contribution in [2.24, 2.45) is 5.73 Å². The zero-order chi connectivity index (χ0) is 13.1.